The highest BCUT2D eigenvalue weighted by atomic mass is 79.9. The van der Waals surface area contributed by atoms with Crippen LogP contribution < -0.4 is 5.32 Å². The fourth-order valence-electron chi connectivity index (χ4n) is 1.65. The van der Waals surface area contributed by atoms with Gasteiger partial charge in [0.25, 0.3) is 5.91 Å². The molecule has 1 amide bonds. The van der Waals surface area contributed by atoms with Gasteiger partial charge in [0.05, 0.1) is 11.1 Å². The Morgan fingerprint density at radius 2 is 2.32 bits per heavy atom. The average molecular weight is 324 g/mol. The van der Waals surface area contributed by atoms with Crippen molar-refractivity contribution in [2.75, 3.05) is 19.0 Å². The monoisotopic (exact) mass is 323 g/mol. The van der Waals surface area contributed by atoms with Crippen LogP contribution in [0, 0.1) is 0 Å². The minimum atomic E-state index is -0.194. The van der Waals surface area contributed by atoms with Gasteiger partial charge in [-0.1, -0.05) is 0 Å². The van der Waals surface area contributed by atoms with Crippen LogP contribution in [0.1, 0.15) is 10.5 Å². The molecule has 0 radical (unpaired) electrons. The Morgan fingerprint density at radius 3 is 3.05 bits per heavy atom. The number of rotatable bonds is 5. The van der Waals surface area contributed by atoms with E-state index in [-0.39, 0.29) is 5.91 Å². The van der Waals surface area contributed by atoms with Crippen molar-refractivity contribution in [1.29, 1.82) is 0 Å². The number of pyridine rings is 1. The first-order valence-electron chi connectivity index (χ1n) is 5.78. The molecule has 0 aliphatic heterocycles. The van der Waals surface area contributed by atoms with Gasteiger partial charge in [-0.2, -0.15) is 0 Å². The zero-order chi connectivity index (χ0) is 13.7. The highest BCUT2D eigenvalue weighted by Gasteiger charge is 2.12. The molecule has 0 saturated heterocycles. The molecule has 2 rings (SSSR count). The second kappa shape index (κ2) is 6.49. The number of aromatic nitrogens is 2. The molecule has 0 bridgehead atoms. The lowest BCUT2D eigenvalue weighted by molar-refractivity contribution is 0.101. The summed E-state index contributed by atoms with van der Waals surface area (Å²) in [4.78, 5) is 16.3. The van der Waals surface area contributed by atoms with Crippen molar-refractivity contribution in [3.05, 3.63) is 46.8 Å². The van der Waals surface area contributed by atoms with Crippen LogP contribution in [-0.4, -0.2) is 29.2 Å². The zero-order valence-electron chi connectivity index (χ0n) is 10.5. The quantitative estimate of drug-likeness (QED) is 0.920. The van der Waals surface area contributed by atoms with Crippen LogP contribution in [0.15, 0.2) is 41.1 Å². The molecule has 2 aromatic heterocycles. The molecule has 100 valence electrons. The molecule has 19 heavy (non-hydrogen) atoms. The van der Waals surface area contributed by atoms with Gasteiger partial charge in [-0.3, -0.25) is 4.79 Å². The predicted molar refractivity (Wildman–Crippen MR) is 76.2 cm³/mol. The lowest BCUT2D eigenvalue weighted by atomic mass is 10.4. The summed E-state index contributed by atoms with van der Waals surface area (Å²) in [6, 6.07) is 7.22. The van der Waals surface area contributed by atoms with Gasteiger partial charge in [0.2, 0.25) is 0 Å². The number of anilines is 1. The van der Waals surface area contributed by atoms with Gasteiger partial charge >= 0.3 is 0 Å². The van der Waals surface area contributed by atoms with E-state index in [1.54, 1.807) is 25.4 Å². The third-order valence-electron chi connectivity index (χ3n) is 2.59. The first-order valence-corrected chi connectivity index (χ1v) is 6.57. The lowest BCUT2D eigenvalue weighted by Crippen LogP contribution is -2.18. The highest BCUT2D eigenvalue weighted by molar-refractivity contribution is 9.10. The SMILES string of the molecule is COCCn1cccc1C(=O)Nc1ncccc1Br. The van der Waals surface area contributed by atoms with Crippen molar-refractivity contribution < 1.29 is 9.53 Å². The smallest absolute Gasteiger partial charge is 0.273 e. The zero-order valence-corrected chi connectivity index (χ0v) is 12.1. The molecule has 0 aliphatic rings. The van der Waals surface area contributed by atoms with E-state index in [1.165, 1.54) is 0 Å². The van der Waals surface area contributed by atoms with Crippen molar-refractivity contribution in [2.45, 2.75) is 6.54 Å². The Balaban J connectivity index is 2.12. The minimum absolute atomic E-state index is 0.194. The van der Waals surface area contributed by atoms with E-state index < -0.39 is 0 Å². The number of hydrogen-bond donors (Lipinski definition) is 1. The van der Waals surface area contributed by atoms with E-state index >= 15 is 0 Å². The molecule has 0 aliphatic carbocycles. The molecule has 0 spiro atoms. The van der Waals surface area contributed by atoms with E-state index in [2.05, 4.69) is 26.2 Å². The van der Waals surface area contributed by atoms with Gasteiger partial charge in [0, 0.05) is 26.0 Å². The third kappa shape index (κ3) is 3.42. The fourth-order valence-corrected chi connectivity index (χ4v) is 2.01. The topological polar surface area (TPSA) is 56.1 Å². The molecule has 0 unspecified atom stereocenters. The predicted octanol–water partition coefficient (Wildman–Crippen LogP) is 2.54. The summed E-state index contributed by atoms with van der Waals surface area (Å²) >= 11 is 3.34. The van der Waals surface area contributed by atoms with Crippen molar-refractivity contribution in [1.82, 2.24) is 9.55 Å². The molecular weight excluding hydrogens is 310 g/mol. The Hall–Kier alpha value is -1.66. The van der Waals surface area contributed by atoms with E-state index in [0.29, 0.717) is 24.7 Å². The molecule has 0 atom stereocenters. The molecule has 2 aromatic rings. The lowest BCUT2D eigenvalue weighted by Gasteiger charge is -2.09. The largest absolute Gasteiger partial charge is 0.383 e. The van der Waals surface area contributed by atoms with E-state index in [0.717, 1.165) is 4.47 Å². The maximum Gasteiger partial charge on any atom is 0.273 e. The number of nitrogens with one attached hydrogen (secondary N) is 1. The second-order valence-electron chi connectivity index (χ2n) is 3.87. The Bertz CT molecular complexity index is 569. The van der Waals surface area contributed by atoms with Crippen LogP contribution in [0.2, 0.25) is 0 Å². The van der Waals surface area contributed by atoms with Crippen LogP contribution in [-0.2, 0) is 11.3 Å². The molecular formula is C13H14BrN3O2. The summed E-state index contributed by atoms with van der Waals surface area (Å²) < 4.78 is 7.61. The molecule has 0 saturated carbocycles. The molecule has 5 nitrogen and oxygen atoms in total. The van der Waals surface area contributed by atoms with Gasteiger partial charge in [-0.05, 0) is 40.2 Å². The number of carbonyl (C=O) groups excluding carboxylic acids is 1. The number of amides is 1. The molecule has 6 heteroatoms. The van der Waals surface area contributed by atoms with E-state index in [1.807, 2.05) is 22.9 Å². The number of ether oxygens (including phenoxy) is 1. The number of nitrogens with zero attached hydrogens (tertiary/aromatic N) is 2. The summed E-state index contributed by atoms with van der Waals surface area (Å²) in [6.07, 6.45) is 3.48. The summed E-state index contributed by atoms with van der Waals surface area (Å²) in [5.74, 6) is 0.312. The van der Waals surface area contributed by atoms with E-state index in [9.17, 15) is 4.79 Å². The Kier molecular flexibility index (Phi) is 4.70. The molecule has 1 N–H and O–H groups in total. The van der Waals surface area contributed by atoms with Crippen LogP contribution in [0.25, 0.3) is 0 Å². The Labute approximate surface area is 119 Å². The van der Waals surface area contributed by atoms with Crippen LogP contribution in [0.3, 0.4) is 0 Å². The number of hydrogen-bond acceptors (Lipinski definition) is 3. The number of carbonyl (C=O) groups is 1. The maximum atomic E-state index is 12.2. The molecule has 0 aromatic carbocycles. The van der Waals surface area contributed by atoms with Crippen LogP contribution in [0.5, 0.6) is 0 Å². The normalized spacial score (nSPS) is 10.4. The first kappa shape index (κ1) is 13.8. The maximum absolute atomic E-state index is 12.2. The van der Waals surface area contributed by atoms with Crippen molar-refractivity contribution in [3.63, 3.8) is 0 Å². The fraction of sp³-hybridized carbons (Fsp3) is 0.231. The first-order chi connectivity index (χ1) is 9.22. The van der Waals surface area contributed by atoms with E-state index in [4.69, 9.17) is 4.74 Å². The molecule has 2 heterocycles. The standard InChI is InChI=1S/C13H14BrN3O2/c1-19-9-8-17-7-3-5-11(17)13(18)16-12-10(14)4-2-6-15-12/h2-7H,8-9H2,1H3,(H,15,16,18). The summed E-state index contributed by atoms with van der Waals surface area (Å²) in [6.45, 7) is 1.19. The minimum Gasteiger partial charge on any atom is -0.383 e. The number of methoxy groups -OCH3 is 1. The van der Waals surface area contributed by atoms with Crippen LogP contribution in [0.4, 0.5) is 5.82 Å². The Morgan fingerprint density at radius 1 is 1.47 bits per heavy atom. The van der Waals surface area contributed by atoms with Gasteiger partial charge < -0.3 is 14.6 Å². The molecule has 0 fully saturated rings. The van der Waals surface area contributed by atoms with Crippen LogP contribution >= 0.6 is 15.9 Å². The van der Waals surface area contributed by atoms with Crippen molar-refractivity contribution in [3.8, 4) is 0 Å². The number of halogens is 1. The van der Waals surface area contributed by atoms with Gasteiger partial charge in [-0.15, -0.1) is 0 Å². The summed E-state index contributed by atoms with van der Waals surface area (Å²) in [7, 11) is 1.63. The van der Waals surface area contributed by atoms with Gasteiger partial charge in [0.15, 0.2) is 0 Å². The van der Waals surface area contributed by atoms with Gasteiger partial charge in [-0.25, -0.2) is 4.98 Å². The third-order valence-corrected chi connectivity index (χ3v) is 3.23. The average Bonchev–Trinajstić information content (AvgIpc) is 2.87. The van der Waals surface area contributed by atoms with Gasteiger partial charge in [0.1, 0.15) is 11.5 Å². The second-order valence-corrected chi connectivity index (χ2v) is 4.72. The van der Waals surface area contributed by atoms with Crippen molar-refractivity contribution in [2.24, 2.45) is 0 Å². The summed E-state index contributed by atoms with van der Waals surface area (Å²) in [5.41, 5.74) is 0.578. The van der Waals surface area contributed by atoms with Crippen molar-refractivity contribution >= 4 is 27.7 Å². The highest BCUT2D eigenvalue weighted by Crippen LogP contribution is 2.19. The summed E-state index contributed by atoms with van der Waals surface area (Å²) in [5, 5.41) is 2.77.